The maximum absolute atomic E-state index is 13.4. The summed E-state index contributed by atoms with van der Waals surface area (Å²) in [4.78, 5) is 26.5. The van der Waals surface area contributed by atoms with Crippen LogP contribution in [0.4, 0.5) is 0 Å². The molecule has 0 aromatic carbocycles. The van der Waals surface area contributed by atoms with Gasteiger partial charge in [-0.05, 0) is 49.5 Å². The van der Waals surface area contributed by atoms with E-state index >= 15 is 0 Å². The van der Waals surface area contributed by atoms with Gasteiger partial charge in [-0.25, -0.2) is 4.79 Å². The fourth-order valence-corrected chi connectivity index (χ4v) is 7.15. The molecule has 4 aliphatic rings. The molecule has 4 N–H and O–H groups in total. The van der Waals surface area contributed by atoms with Crippen LogP contribution in [0.5, 0.6) is 0 Å². The van der Waals surface area contributed by atoms with Crippen molar-refractivity contribution in [3.63, 3.8) is 0 Å². The topological polar surface area (TPSA) is 156 Å². The number of aliphatic hydroxyl groups excluding tert-OH is 4. The number of allylic oxidation sites excluding steroid dienone is 1. The monoisotopic (exact) mass is 506 g/mol. The molecule has 1 aromatic heterocycles. The lowest BCUT2D eigenvalue weighted by atomic mass is 9.45. The van der Waals surface area contributed by atoms with Crippen molar-refractivity contribution < 1.29 is 48.6 Å². The van der Waals surface area contributed by atoms with E-state index in [1.54, 1.807) is 18.6 Å². The summed E-state index contributed by atoms with van der Waals surface area (Å²) in [5, 5.41) is 39.9. The number of carbonyl (C=O) groups is 2. The molecule has 198 valence electrons. The first kappa shape index (κ1) is 25.4. The van der Waals surface area contributed by atoms with E-state index in [1.165, 1.54) is 0 Å². The molecule has 2 saturated heterocycles. The third-order valence-electron chi connectivity index (χ3n) is 9.11. The minimum absolute atomic E-state index is 0.00616. The highest BCUT2D eigenvalue weighted by molar-refractivity contribution is 5.90. The zero-order chi connectivity index (χ0) is 25.8. The quantitative estimate of drug-likeness (QED) is 0.440. The van der Waals surface area contributed by atoms with Gasteiger partial charge in [0.2, 0.25) is 6.29 Å². The van der Waals surface area contributed by atoms with Gasteiger partial charge in [-0.1, -0.05) is 19.9 Å². The molecule has 10 atom stereocenters. The molecular formula is C26H34O10. The summed E-state index contributed by atoms with van der Waals surface area (Å²) in [6, 6.07) is 1.80. The Balaban J connectivity index is 1.39. The smallest absolute Gasteiger partial charge is 0.336 e. The average molecular weight is 507 g/mol. The van der Waals surface area contributed by atoms with Gasteiger partial charge in [-0.2, -0.15) is 0 Å². The molecule has 0 bridgehead atoms. The molecule has 3 heterocycles. The third-order valence-corrected chi connectivity index (χ3v) is 9.11. The number of furan rings is 1. The maximum Gasteiger partial charge on any atom is 0.336 e. The van der Waals surface area contributed by atoms with Crippen molar-refractivity contribution in [2.75, 3.05) is 6.61 Å². The standard InChI is InChI=1S/C26H34O10/c1-25-8-6-15-22(31)34-16(13-7-9-33-12-13)10-26(15,2)18(25)5-3-4-14(25)23(32)36-24-21(30)20(29)19(28)17(11-27)35-24/h4,7,9,12,15-21,24,27-30H,3,5-6,8,10-11H2,1-2H3/t15-,16-,17+,18-,19+,20-,21+,24-,25-,26+/m0/s1. The molecule has 1 saturated carbocycles. The largest absolute Gasteiger partial charge is 0.472 e. The van der Waals surface area contributed by atoms with Crippen LogP contribution in [-0.2, 0) is 23.8 Å². The lowest BCUT2D eigenvalue weighted by molar-refractivity contribution is -0.292. The van der Waals surface area contributed by atoms with Crippen molar-refractivity contribution in [3.8, 4) is 0 Å². The Morgan fingerprint density at radius 1 is 1.17 bits per heavy atom. The number of hydrogen-bond donors (Lipinski definition) is 4. The first-order chi connectivity index (χ1) is 17.1. The van der Waals surface area contributed by atoms with Crippen molar-refractivity contribution in [2.24, 2.45) is 22.7 Å². The minimum Gasteiger partial charge on any atom is -0.472 e. The number of esters is 2. The Hall–Kier alpha value is -2.24. The molecular weight excluding hydrogens is 472 g/mol. The summed E-state index contributed by atoms with van der Waals surface area (Å²) in [5.41, 5.74) is 0.249. The molecule has 10 nitrogen and oxygen atoms in total. The van der Waals surface area contributed by atoms with Gasteiger partial charge in [0.15, 0.2) is 0 Å². The van der Waals surface area contributed by atoms with Gasteiger partial charge in [-0.3, -0.25) is 4.79 Å². The predicted octanol–water partition coefficient (Wildman–Crippen LogP) is 1.37. The Labute approximate surface area is 208 Å². The van der Waals surface area contributed by atoms with Gasteiger partial charge in [0, 0.05) is 16.6 Å². The SMILES string of the molecule is C[C@@]12C[C@@H](c3ccoc3)OC(=O)[C@@H]1CC[C@@]1(C)C(C(=O)O[C@@H]3O[C@H](CO)[C@@H](O)[C@H](O)[C@H]3O)=CCC[C@H]21. The van der Waals surface area contributed by atoms with E-state index in [-0.39, 0.29) is 17.8 Å². The van der Waals surface area contributed by atoms with Gasteiger partial charge >= 0.3 is 11.9 Å². The van der Waals surface area contributed by atoms with Gasteiger partial charge < -0.3 is 39.1 Å². The molecule has 0 radical (unpaired) electrons. The first-order valence-corrected chi connectivity index (χ1v) is 12.5. The highest BCUT2D eigenvalue weighted by Crippen LogP contribution is 2.64. The van der Waals surface area contributed by atoms with E-state index in [0.717, 1.165) is 12.0 Å². The molecule has 36 heavy (non-hydrogen) atoms. The van der Waals surface area contributed by atoms with Crippen LogP contribution in [0.1, 0.15) is 57.6 Å². The second kappa shape index (κ2) is 9.25. The van der Waals surface area contributed by atoms with Crippen molar-refractivity contribution in [1.29, 1.82) is 0 Å². The van der Waals surface area contributed by atoms with E-state index < -0.39 is 60.2 Å². The molecule has 3 fully saturated rings. The van der Waals surface area contributed by atoms with Crippen LogP contribution in [0.25, 0.3) is 0 Å². The van der Waals surface area contributed by atoms with Crippen molar-refractivity contribution in [3.05, 3.63) is 35.8 Å². The summed E-state index contributed by atoms with van der Waals surface area (Å²) < 4.78 is 21.9. The summed E-state index contributed by atoms with van der Waals surface area (Å²) in [6.45, 7) is 3.51. The Kier molecular flexibility index (Phi) is 6.53. The fourth-order valence-electron chi connectivity index (χ4n) is 7.15. The normalized spacial score (nSPS) is 44.6. The highest BCUT2D eigenvalue weighted by atomic mass is 16.7. The van der Waals surface area contributed by atoms with Crippen LogP contribution in [-0.4, -0.2) is 69.7 Å². The number of carbonyl (C=O) groups excluding carboxylic acids is 2. The molecule has 2 aliphatic heterocycles. The van der Waals surface area contributed by atoms with Crippen LogP contribution in [0, 0.1) is 22.7 Å². The zero-order valence-corrected chi connectivity index (χ0v) is 20.4. The lowest BCUT2D eigenvalue weighted by Gasteiger charge is -2.59. The van der Waals surface area contributed by atoms with E-state index in [2.05, 4.69) is 6.92 Å². The second-order valence-corrected chi connectivity index (χ2v) is 11.1. The van der Waals surface area contributed by atoms with E-state index in [0.29, 0.717) is 31.3 Å². The highest BCUT2D eigenvalue weighted by Gasteiger charge is 2.61. The van der Waals surface area contributed by atoms with Crippen LogP contribution in [0.15, 0.2) is 34.7 Å². The van der Waals surface area contributed by atoms with Crippen molar-refractivity contribution in [1.82, 2.24) is 0 Å². The molecule has 1 aromatic rings. The Morgan fingerprint density at radius 2 is 1.94 bits per heavy atom. The number of aliphatic hydroxyl groups is 4. The summed E-state index contributed by atoms with van der Waals surface area (Å²) >= 11 is 0. The maximum atomic E-state index is 13.4. The third kappa shape index (κ3) is 3.90. The predicted molar refractivity (Wildman–Crippen MR) is 122 cm³/mol. The number of rotatable bonds is 4. The first-order valence-electron chi connectivity index (χ1n) is 12.5. The molecule has 0 amide bonds. The van der Waals surface area contributed by atoms with Crippen LogP contribution < -0.4 is 0 Å². The minimum atomic E-state index is -1.67. The summed E-state index contributed by atoms with van der Waals surface area (Å²) in [6.07, 6.45) is 0.175. The molecule has 0 unspecified atom stereocenters. The number of fused-ring (bicyclic) bond motifs is 3. The van der Waals surface area contributed by atoms with E-state index in [4.69, 9.17) is 18.6 Å². The number of hydrogen-bond acceptors (Lipinski definition) is 10. The Bertz CT molecular complexity index is 1020. The zero-order valence-electron chi connectivity index (χ0n) is 20.4. The molecule has 0 spiro atoms. The van der Waals surface area contributed by atoms with Gasteiger partial charge in [0.05, 0.1) is 25.1 Å². The number of ether oxygens (including phenoxy) is 3. The molecule has 2 aliphatic carbocycles. The fraction of sp³-hybridized carbons (Fsp3) is 0.692. The van der Waals surface area contributed by atoms with Crippen LogP contribution >= 0.6 is 0 Å². The van der Waals surface area contributed by atoms with Gasteiger partial charge in [0.25, 0.3) is 0 Å². The molecule has 5 rings (SSSR count). The van der Waals surface area contributed by atoms with Crippen molar-refractivity contribution >= 4 is 11.9 Å². The number of cyclic esters (lactones) is 1. The summed E-state index contributed by atoms with van der Waals surface area (Å²) in [7, 11) is 0. The van der Waals surface area contributed by atoms with Crippen LogP contribution in [0.2, 0.25) is 0 Å². The molecule has 10 heteroatoms. The van der Waals surface area contributed by atoms with Crippen LogP contribution in [0.3, 0.4) is 0 Å². The summed E-state index contributed by atoms with van der Waals surface area (Å²) in [5.74, 6) is -1.19. The van der Waals surface area contributed by atoms with Gasteiger partial charge in [-0.15, -0.1) is 0 Å². The van der Waals surface area contributed by atoms with Gasteiger partial charge in [0.1, 0.15) is 30.5 Å². The average Bonchev–Trinajstić information content (AvgIpc) is 3.38. The second-order valence-electron chi connectivity index (χ2n) is 11.1. The van der Waals surface area contributed by atoms with E-state index in [1.807, 2.05) is 13.0 Å². The van der Waals surface area contributed by atoms with Crippen molar-refractivity contribution in [2.45, 2.75) is 82.8 Å². The Morgan fingerprint density at radius 3 is 2.64 bits per heavy atom. The van der Waals surface area contributed by atoms with E-state index in [9.17, 15) is 30.0 Å². The lowest BCUT2D eigenvalue weighted by Crippen LogP contribution is -2.60.